The lowest BCUT2D eigenvalue weighted by Gasteiger charge is -2.13. The number of rotatable bonds is 7. The summed E-state index contributed by atoms with van der Waals surface area (Å²) < 4.78 is 0. The van der Waals surface area contributed by atoms with E-state index in [-0.39, 0.29) is 12.4 Å². The minimum atomic E-state index is -0.0990. The van der Waals surface area contributed by atoms with Crippen molar-refractivity contribution in [2.45, 2.75) is 27.4 Å². The number of aliphatic hydroxyl groups excluding tert-OH is 1. The van der Waals surface area contributed by atoms with Crippen LogP contribution in [0.15, 0.2) is 60.3 Å². The fourth-order valence-corrected chi connectivity index (χ4v) is 2.95. The summed E-state index contributed by atoms with van der Waals surface area (Å²) in [6.45, 7) is 5.64. The second kappa shape index (κ2) is 9.52. The van der Waals surface area contributed by atoms with Crippen molar-refractivity contribution in [1.29, 1.82) is 0 Å². The predicted molar refractivity (Wildman–Crippen MR) is 121 cm³/mol. The highest BCUT2D eigenvalue weighted by Gasteiger charge is 2.13. The van der Waals surface area contributed by atoms with Crippen LogP contribution in [0.5, 0.6) is 0 Å². The first kappa shape index (κ1) is 21.5. The van der Waals surface area contributed by atoms with Gasteiger partial charge in [-0.05, 0) is 56.2 Å². The normalized spacial score (nSPS) is 10.4. The van der Waals surface area contributed by atoms with Crippen molar-refractivity contribution in [3.05, 3.63) is 82.0 Å². The predicted octanol–water partition coefficient (Wildman–Crippen LogP) is 5.57. The smallest absolute Gasteiger partial charge is 0.229 e. The van der Waals surface area contributed by atoms with Gasteiger partial charge >= 0.3 is 0 Å². The van der Waals surface area contributed by atoms with E-state index in [1.54, 1.807) is 18.2 Å². The van der Waals surface area contributed by atoms with Gasteiger partial charge in [0.15, 0.2) is 11.6 Å². The number of aryl methyl sites for hydroxylation is 1. The van der Waals surface area contributed by atoms with Crippen molar-refractivity contribution >= 4 is 40.5 Å². The topological polar surface area (TPSA) is 87.1 Å². The van der Waals surface area contributed by atoms with Crippen LogP contribution in [0.4, 0.5) is 23.1 Å². The Labute approximate surface area is 180 Å². The molecule has 3 N–H and O–H groups in total. The summed E-state index contributed by atoms with van der Waals surface area (Å²) in [5.41, 5.74) is 4.59. The second-order valence-corrected chi connectivity index (χ2v) is 7.49. The van der Waals surface area contributed by atoms with E-state index < -0.39 is 0 Å². The number of ketones is 1. The zero-order valence-electron chi connectivity index (χ0n) is 17.0. The minimum Gasteiger partial charge on any atom is -0.392 e. The number of nitrogens with zero attached hydrogens (tertiary/aromatic N) is 2. The monoisotopic (exact) mass is 422 g/mol. The average Bonchev–Trinajstić information content (AvgIpc) is 2.72. The number of carbonyl (C=O) groups excluding carboxylic acids is 1. The summed E-state index contributed by atoms with van der Waals surface area (Å²) in [6, 6.07) is 12.8. The number of allylic oxidation sites excluding steroid dienone is 2. The van der Waals surface area contributed by atoms with Gasteiger partial charge in [-0.3, -0.25) is 4.79 Å². The molecule has 30 heavy (non-hydrogen) atoms. The van der Waals surface area contributed by atoms with E-state index in [4.69, 9.17) is 11.6 Å². The van der Waals surface area contributed by atoms with Crippen molar-refractivity contribution in [2.75, 3.05) is 10.6 Å². The Kier molecular flexibility index (Phi) is 6.82. The van der Waals surface area contributed by atoms with Crippen LogP contribution in [0.3, 0.4) is 0 Å². The third kappa shape index (κ3) is 5.23. The number of para-hydroxylation sites is 1. The van der Waals surface area contributed by atoms with Gasteiger partial charge in [0, 0.05) is 11.3 Å². The van der Waals surface area contributed by atoms with Crippen molar-refractivity contribution in [3.8, 4) is 0 Å². The number of carbonyl (C=O) groups is 1. The van der Waals surface area contributed by atoms with Crippen molar-refractivity contribution < 1.29 is 9.90 Å². The number of aliphatic hydroxyl groups is 1. The summed E-state index contributed by atoms with van der Waals surface area (Å²) in [6.07, 6.45) is 3.08. The summed E-state index contributed by atoms with van der Waals surface area (Å²) in [5.74, 6) is 0.619. The molecule has 3 aromatic rings. The van der Waals surface area contributed by atoms with Gasteiger partial charge in [0.05, 0.1) is 18.5 Å². The molecule has 7 heteroatoms. The van der Waals surface area contributed by atoms with E-state index in [9.17, 15) is 9.90 Å². The molecule has 0 saturated carbocycles. The molecule has 0 aliphatic carbocycles. The van der Waals surface area contributed by atoms with Gasteiger partial charge < -0.3 is 15.7 Å². The van der Waals surface area contributed by atoms with Crippen LogP contribution in [-0.2, 0) is 6.61 Å². The van der Waals surface area contributed by atoms with Crippen molar-refractivity contribution in [1.82, 2.24) is 9.97 Å². The summed E-state index contributed by atoms with van der Waals surface area (Å²) in [7, 11) is 0. The Morgan fingerprint density at radius 3 is 2.63 bits per heavy atom. The van der Waals surface area contributed by atoms with E-state index in [1.807, 2.05) is 51.1 Å². The van der Waals surface area contributed by atoms with Crippen LogP contribution < -0.4 is 10.6 Å². The van der Waals surface area contributed by atoms with E-state index in [1.165, 1.54) is 6.20 Å². The Morgan fingerprint density at radius 2 is 1.90 bits per heavy atom. The first-order valence-corrected chi connectivity index (χ1v) is 9.80. The molecule has 0 fully saturated rings. The van der Waals surface area contributed by atoms with Crippen molar-refractivity contribution in [2.24, 2.45) is 0 Å². The summed E-state index contributed by atoms with van der Waals surface area (Å²) >= 11 is 6.30. The molecule has 154 valence electrons. The fraction of sp³-hybridized carbons (Fsp3) is 0.174. The zero-order chi connectivity index (χ0) is 21.7. The quantitative estimate of drug-likeness (QED) is 0.341. The maximum absolute atomic E-state index is 12.5. The summed E-state index contributed by atoms with van der Waals surface area (Å²) in [5, 5.41) is 16.0. The van der Waals surface area contributed by atoms with Crippen LogP contribution in [0.1, 0.15) is 35.3 Å². The molecule has 0 saturated heterocycles. The van der Waals surface area contributed by atoms with Gasteiger partial charge in [0.25, 0.3) is 0 Å². The number of halogens is 1. The third-order valence-electron chi connectivity index (χ3n) is 4.34. The number of hydrogen-bond donors (Lipinski definition) is 3. The van der Waals surface area contributed by atoms with Gasteiger partial charge in [-0.15, -0.1) is 0 Å². The molecule has 0 aliphatic heterocycles. The number of aromatic nitrogens is 2. The molecule has 0 radical (unpaired) electrons. The SMILES string of the molecule is CC(C)=CC(=O)c1ccccc1Nc1nc(Nc2cc(CO)ccc2C)ncc1Cl. The first-order valence-electron chi connectivity index (χ1n) is 9.42. The molecule has 0 unspecified atom stereocenters. The molecule has 0 atom stereocenters. The van der Waals surface area contributed by atoms with E-state index in [2.05, 4.69) is 20.6 Å². The molecule has 0 aliphatic rings. The molecular weight excluding hydrogens is 400 g/mol. The lowest BCUT2D eigenvalue weighted by atomic mass is 10.1. The van der Waals surface area contributed by atoms with E-state index in [0.29, 0.717) is 28.0 Å². The highest BCUT2D eigenvalue weighted by molar-refractivity contribution is 6.33. The number of nitrogens with one attached hydrogen (secondary N) is 2. The van der Waals surface area contributed by atoms with Gasteiger partial charge in [0.1, 0.15) is 5.02 Å². The third-order valence-corrected chi connectivity index (χ3v) is 4.62. The highest BCUT2D eigenvalue weighted by Crippen LogP contribution is 2.28. The average molecular weight is 423 g/mol. The Bertz CT molecular complexity index is 1110. The van der Waals surface area contributed by atoms with Gasteiger partial charge in [-0.2, -0.15) is 4.98 Å². The second-order valence-electron chi connectivity index (χ2n) is 7.08. The molecule has 6 nitrogen and oxygen atoms in total. The first-order chi connectivity index (χ1) is 14.4. The molecule has 1 aromatic heterocycles. The van der Waals surface area contributed by atoms with Crippen LogP contribution >= 0.6 is 11.6 Å². The van der Waals surface area contributed by atoms with Gasteiger partial charge in [-0.25, -0.2) is 4.98 Å². The van der Waals surface area contributed by atoms with Crippen LogP contribution in [0.25, 0.3) is 0 Å². The molecule has 0 spiro atoms. The number of benzene rings is 2. The fourth-order valence-electron chi connectivity index (χ4n) is 2.81. The minimum absolute atomic E-state index is 0.0558. The Morgan fingerprint density at radius 1 is 1.13 bits per heavy atom. The Hall–Kier alpha value is -3.22. The highest BCUT2D eigenvalue weighted by atomic mass is 35.5. The molecule has 2 aromatic carbocycles. The summed E-state index contributed by atoms with van der Waals surface area (Å²) in [4.78, 5) is 21.2. The van der Waals surface area contributed by atoms with E-state index >= 15 is 0 Å². The molecule has 0 amide bonds. The van der Waals surface area contributed by atoms with Gasteiger partial charge in [-0.1, -0.05) is 41.4 Å². The molecule has 1 heterocycles. The van der Waals surface area contributed by atoms with Crippen LogP contribution in [-0.4, -0.2) is 20.9 Å². The lowest BCUT2D eigenvalue weighted by molar-refractivity contribution is 0.104. The lowest BCUT2D eigenvalue weighted by Crippen LogP contribution is -2.06. The molecule has 0 bridgehead atoms. The number of hydrogen-bond acceptors (Lipinski definition) is 6. The van der Waals surface area contributed by atoms with E-state index in [0.717, 1.165) is 22.4 Å². The number of anilines is 4. The van der Waals surface area contributed by atoms with Crippen LogP contribution in [0.2, 0.25) is 5.02 Å². The molecule has 3 rings (SSSR count). The Balaban J connectivity index is 1.91. The largest absolute Gasteiger partial charge is 0.392 e. The maximum atomic E-state index is 12.5. The zero-order valence-corrected chi connectivity index (χ0v) is 17.8. The van der Waals surface area contributed by atoms with Crippen LogP contribution in [0, 0.1) is 6.92 Å². The molecular formula is C23H23ClN4O2. The maximum Gasteiger partial charge on any atom is 0.229 e. The van der Waals surface area contributed by atoms with Crippen molar-refractivity contribution in [3.63, 3.8) is 0 Å². The van der Waals surface area contributed by atoms with Gasteiger partial charge in [0.2, 0.25) is 5.95 Å². The standard InChI is InChI=1S/C23H23ClN4O2/c1-14(2)10-21(30)17-6-4-5-7-19(17)26-22-18(24)12-25-23(28-22)27-20-11-16(13-29)9-8-15(20)3/h4-12,29H,13H2,1-3H3,(H2,25,26,27,28).